The van der Waals surface area contributed by atoms with E-state index >= 15 is 0 Å². The van der Waals surface area contributed by atoms with Crippen LogP contribution in [0.5, 0.6) is 0 Å². The highest BCUT2D eigenvalue weighted by atomic mass is 35.5. The van der Waals surface area contributed by atoms with Gasteiger partial charge in [-0.15, -0.1) is 11.6 Å². The van der Waals surface area contributed by atoms with E-state index in [0.29, 0.717) is 10.8 Å². The predicted octanol–water partition coefficient (Wildman–Crippen LogP) is 3.36. The Morgan fingerprint density at radius 2 is 1.94 bits per heavy atom. The van der Waals surface area contributed by atoms with Gasteiger partial charge >= 0.3 is 0 Å². The van der Waals surface area contributed by atoms with Crippen LogP contribution in [-0.2, 0) is 4.79 Å². The van der Waals surface area contributed by atoms with E-state index in [1.54, 1.807) is 28.8 Å². The Hall–Kier alpha value is -1.23. The van der Waals surface area contributed by atoms with Crippen molar-refractivity contribution in [2.75, 3.05) is 11.2 Å². The van der Waals surface area contributed by atoms with Crippen LogP contribution in [0, 0.1) is 0 Å². The van der Waals surface area contributed by atoms with Crippen LogP contribution in [0.1, 0.15) is 0 Å². The summed E-state index contributed by atoms with van der Waals surface area (Å²) >= 11 is 17.1. The molecule has 1 amide bonds. The number of halogens is 3. The third-order valence-electron chi connectivity index (χ3n) is 2.22. The molecule has 7 heteroatoms. The molecule has 1 heterocycles. The Kier molecular flexibility index (Phi) is 4.11. The number of aromatic nitrogens is 2. The Morgan fingerprint density at radius 1 is 1.28 bits per heavy atom. The number of nitrogens with zero attached hydrogens (tertiary/aromatic N) is 2. The number of carbonyl (C=O) groups excluding carboxylic acids is 1. The maximum atomic E-state index is 11.1. The monoisotopic (exact) mass is 303 g/mol. The molecular formula is C11H8Cl3N3O. The van der Waals surface area contributed by atoms with Gasteiger partial charge in [0.05, 0.1) is 0 Å². The van der Waals surface area contributed by atoms with Crippen LogP contribution in [0.15, 0.2) is 30.6 Å². The fourth-order valence-electron chi connectivity index (χ4n) is 1.39. The number of imidazole rings is 1. The molecule has 0 aliphatic rings. The van der Waals surface area contributed by atoms with Crippen LogP contribution in [0.2, 0.25) is 10.3 Å². The minimum Gasteiger partial charge on any atom is -0.325 e. The maximum Gasteiger partial charge on any atom is 0.239 e. The summed E-state index contributed by atoms with van der Waals surface area (Å²) in [6.45, 7) is 0. The van der Waals surface area contributed by atoms with Crippen molar-refractivity contribution >= 4 is 46.4 Å². The second-order valence-electron chi connectivity index (χ2n) is 3.42. The first-order chi connectivity index (χ1) is 8.61. The summed E-state index contributed by atoms with van der Waals surface area (Å²) in [5.74, 6) is -0.335. The van der Waals surface area contributed by atoms with Gasteiger partial charge in [-0.3, -0.25) is 9.36 Å². The Morgan fingerprint density at radius 3 is 2.44 bits per heavy atom. The van der Waals surface area contributed by atoms with E-state index in [-0.39, 0.29) is 16.9 Å². The summed E-state index contributed by atoms with van der Waals surface area (Å²) in [6, 6.07) is 7.05. The van der Waals surface area contributed by atoms with Crippen LogP contribution in [0.3, 0.4) is 0 Å². The zero-order chi connectivity index (χ0) is 13.1. The van der Waals surface area contributed by atoms with Gasteiger partial charge in [-0.05, 0) is 24.3 Å². The lowest BCUT2D eigenvalue weighted by Gasteiger charge is -2.06. The average molecular weight is 305 g/mol. The van der Waals surface area contributed by atoms with E-state index in [1.165, 1.54) is 6.33 Å². The molecule has 0 bridgehead atoms. The molecule has 18 heavy (non-hydrogen) atoms. The summed E-state index contributed by atoms with van der Waals surface area (Å²) in [7, 11) is 0. The average Bonchev–Trinajstić information content (AvgIpc) is 2.71. The van der Waals surface area contributed by atoms with Crippen molar-refractivity contribution < 1.29 is 4.79 Å². The molecule has 0 aliphatic carbocycles. The van der Waals surface area contributed by atoms with Gasteiger partial charge in [0.2, 0.25) is 5.91 Å². The van der Waals surface area contributed by atoms with Gasteiger partial charge in [0, 0.05) is 11.4 Å². The third kappa shape index (κ3) is 2.77. The first-order valence-electron chi connectivity index (χ1n) is 4.96. The Labute approximate surface area is 118 Å². The molecule has 0 aliphatic heterocycles. The topological polar surface area (TPSA) is 46.9 Å². The molecular weight excluding hydrogens is 297 g/mol. The van der Waals surface area contributed by atoms with E-state index in [9.17, 15) is 4.79 Å². The zero-order valence-electron chi connectivity index (χ0n) is 9.03. The number of benzene rings is 1. The van der Waals surface area contributed by atoms with Gasteiger partial charge in [-0.2, -0.15) is 0 Å². The molecule has 2 rings (SSSR count). The number of carbonyl (C=O) groups is 1. The number of hydrogen-bond acceptors (Lipinski definition) is 2. The minimum absolute atomic E-state index is 0.0787. The summed E-state index contributed by atoms with van der Waals surface area (Å²) < 4.78 is 1.64. The summed E-state index contributed by atoms with van der Waals surface area (Å²) in [4.78, 5) is 15.0. The molecule has 0 radical (unpaired) electrons. The molecule has 1 N–H and O–H groups in total. The lowest BCUT2D eigenvalue weighted by atomic mass is 10.3. The summed E-state index contributed by atoms with van der Waals surface area (Å²) in [5, 5.41) is 3.22. The summed E-state index contributed by atoms with van der Waals surface area (Å²) in [5.41, 5.74) is 1.45. The molecule has 4 nitrogen and oxygen atoms in total. The number of alkyl halides is 1. The second-order valence-corrected chi connectivity index (χ2v) is 4.41. The van der Waals surface area contributed by atoms with E-state index in [1.807, 2.05) is 0 Å². The van der Waals surface area contributed by atoms with Crippen molar-refractivity contribution in [3.05, 3.63) is 40.9 Å². The summed E-state index contributed by atoms with van der Waals surface area (Å²) in [6.07, 6.45) is 1.52. The van der Waals surface area contributed by atoms with Gasteiger partial charge < -0.3 is 5.32 Å². The smallest absolute Gasteiger partial charge is 0.239 e. The maximum absolute atomic E-state index is 11.1. The molecule has 0 spiro atoms. The lowest BCUT2D eigenvalue weighted by molar-refractivity contribution is -0.113. The van der Waals surface area contributed by atoms with Crippen LogP contribution in [0.25, 0.3) is 5.69 Å². The fraction of sp³-hybridized carbons (Fsp3) is 0.0909. The molecule has 0 fully saturated rings. The largest absolute Gasteiger partial charge is 0.325 e. The normalized spacial score (nSPS) is 10.4. The van der Waals surface area contributed by atoms with Gasteiger partial charge in [0.1, 0.15) is 12.2 Å². The van der Waals surface area contributed by atoms with Crippen molar-refractivity contribution in [3.63, 3.8) is 0 Å². The molecule has 94 valence electrons. The minimum atomic E-state index is -0.256. The first kappa shape index (κ1) is 13.2. The van der Waals surface area contributed by atoms with Gasteiger partial charge in [0.15, 0.2) is 10.3 Å². The molecule has 1 aromatic heterocycles. The molecule has 0 saturated carbocycles. The third-order valence-corrected chi connectivity index (χ3v) is 3.20. The lowest BCUT2D eigenvalue weighted by Crippen LogP contribution is -2.12. The number of nitrogens with one attached hydrogen (secondary N) is 1. The van der Waals surface area contributed by atoms with E-state index < -0.39 is 0 Å². The van der Waals surface area contributed by atoms with Gasteiger partial charge in [0.25, 0.3) is 0 Å². The van der Waals surface area contributed by atoms with Crippen molar-refractivity contribution in [2.45, 2.75) is 0 Å². The Balaban J connectivity index is 2.22. The number of anilines is 1. The van der Waals surface area contributed by atoms with E-state index in [4.69, 9.17) is 34.8 Å². The fourth-order valence-corrected chi connectivity index (χ4v) is 1.78. The van der Waals surface area contributed by atoms with Crippen molar-refractivity contribution in [1.82, 2.24) is 9.55 Å². The molecule has 0 unspecified atom stereocenters. The highest BCUT2D eigenvalue weighted by molar-refractivity contribution is 6.40. The van der Waals surface area contributed by atoms with Crippen LogP contribution in [0.4, 0.5) is 5.69 Å². The SMILES string of the molecule is O=C(CCl)Nc1ccc(-n2cnc(Cl)c2Cl)cc1. The molecule has 0 atom stereocenters. The van der Waals surface area contributed by atoms with Crippen molar-refractivity contribution in [1.29, 1.82) is 0 Å². The highest BCUT2D eigenvalue weighted by Crippen LogP contribution is 2.24. The van der Waals surface area contributed by atoms with Crippen LogP contribution in [-0.4, -0.2) is 21.3 Å². The van der Waals surface area contributed by atoms with Crippen LogP contribution >= 0.6 is 34.8 Å². The number of amides is 1. The first-order valence-corrected chi connectivity index (χ1v) is 6.25. The number of hydrogen-bond donors (Lipinski definition) is 1. The molecule has 1 aromatic carbocycles. The zero-order valence-corrected chi connectivity index (χ0v) is 11.3. The molecule has 0 saturated heterocycles. The van der Waals surface area contributed by atoms with E-state index in [0.717, 1.165) is 5.69 Å². The molecule has 2 aromatic rings. The predicted molar refractivity (Wildman–Crippen MR) is 72.9 cm³/mol. The van der Waals surface area contributed by atoms with Crippen molar-refractivity contribution in [3.8, 4) is 5.69 Å². The quantitative estimate of drug-likeness (QED) is 0.884. The van der Waals surface area contributed by atoms with Crippen LogP contribution < -0.4 is 5.32 Å². The van der Waals surface area contributed by atoms with Crippen molar-refractivity contribution in [2.24, 2.45) is 0 Å². The van der Waals surface area contributed by atoms with Gasteiger partial charge in [-0.1, -0.05) is 23.2 Å². The Bertz CT molecular complexity index is 565. The number of rotatable bonds is 3. The van der Waals surface area contributed by atoms with Gasteiger partial charge in [-0.25, -0.2) is 4.98 Å². The van der Waals surface area contributed by atoms with E-state index in [2.05, 4.69) is 10.3 Å². The standard InChI is InChI=1S/C11H8Cl3N3O/c12-5-9(18)16-7-1-3-8(4-2-7)17-6-15-10(13)11(17)14/h1-4,6H,5H2,(H,16,18). The second kappa shape index (κ2) is 5.61. The highest BCUT2D eigenvalue weighted by Gasteiger charge is 2.08.